The molecule has 0 atom stereocenters. The Morgan fingerprint density at radius 1 is 1.09 bits per heavy atom. The first-order valence-corrected chi connectivity index (χ1v) is 10.7. The van der Waals surface area contributed by atoms with Gasteiger partial charge in [-0.1, -0.05) is 0 Å². The van der Waals surface area contributed by atoms with Crippen molar-refractivity contribution in [2.24, 2.45) is 0 Å². The maximum absolute atomic E-state index is 14.7. The second-order valence-electron chi connectivity index (χ2n) is 8.27. The van der Waals surface area contributed by atoms with E-state index in [2.05, 4.69) is 39.1 Å². The maximum atomic E-state index is 14.7. The van der Waals surface area contributed by atoms with Gasteiger partial charge in [-0.15, -0.1) is 0 Å². The number of aromatic nitrogens is 6. The lowest BCUT2D eigenvalue weighted by molar-refractivity contribution is 0.0994. The molecule has 172 valence electrons. The average Bonchev–Trinajstić information content (AvgIpc) is 3.52. The Morgan fingerprint density at radius 3 is 2.62 bits per heavy atom. The Kier molecular flexibility index (Phi) is 5.20. The van der Waals surface area contributed by atoms with Crippen LogP contribution in [-0.2, 0) is 0 Å². The molecule has 0 fully saturated rings. The number of nitrogens with one attached hydrogen (secondary N) is 1. The van der Waals surface area contributed by atoms with E-state index in [-0.39, 0.29) is 11.3 Å². The topological polar surface area (TPSA) is 103 Å². The predicted octanol–water partition coefficient (Wildman–Crippen LogP) is 4.84. The Labute approximate surface area is 194 Å². The fourth-order valence-electron chi connectivity index (χ4n) is 3.64. The van der Waals surface area contributed by atoms with Crippen LogP contribution in [0.3, 0.4) is 0 Å². The van der Waals surface area contributed by atoms with E-state index in [9.17, 15) is 9.18 Å². The van der Waals surface area contributed by atoms with Crippen molar-refractivity contribution in [1.29, 1.82) is 0 Å². The number of carbonyl (C=O) groups is 1. The van der Waals surface area contributed by atoms with E-state index in [4.69, 9.17) is 4.42 Å². The van der Waals surface area contributed by atoms with Crippen LogP contribution in [0.4, 0.5) is 10.1 Å². The van der Waals surface area contributed by atoms with Gasteiger partial charge in [0.2, 0.25) is 11.5 Å². The van der Waals surface area contributed by atoms with Crippen molar-refractivity contribution in [3.63, 3.8) is 0 Å². The van der Waals surface area contributed by atoms with E-state index in [1.807, 2.05) is 17.0 Å². The Balaban J connectivity index is 1.45. The van der Waals surface area contributed by atoms with Crippen molar-refractivity contribution in [3.8, 4) is 22.5 Å². The van der Waals surface area contributed by atoms with Crippen molar-refractivity contribution in [3.05, 3.63) is 72.5 Å². The number of rotatable bonds is 5. The molecule has 0 aliphatic heterocycles. The maximum Gasteiger partial charge on any atom is 0.293 e. The second kappa shape index (κ2) is 8.22. The Hall–Kier alpha value is -4.34. The molecular formula is C24H22FN7O2. The number of hydrogen-bond acceptors (Lipinski definition) is 6. The van der Waals surface area contributed by atoms with Gasteiger partial charge in [0.1, 0.15) is 5.82 Å². The van der Waals surface area contributed by atoms with Crippen LogP contribution < -0.4 is 5.32 Å². The highest BCUT2D eigenvalue weighted by Gasteiger charge is 2.18. The fraction of sp³-hybridized carbons (Fsp3) is 0.208. The van der Waals surface area contributed by atoms with E-state index < -0.39 is 11.7 Å². The molecule has 1 amide bonds. The molecule has 10 heteroatoms. The second-order valence-corrected chi connectivity index (χ2v) is 8.27. The number of oxazole rings is 1. The molecule has 9 nitrogen and oxygen atoms in total. The van der Waals surface area contributed by atoms with E-state index in [0.29, 0.717) is 34.8 Å². The summed E-state index contributed by atoms with van der Waals surface area (Å²) < 4.78 is 23.8. The molecule has 5 rings (SSSR count). The summed E-state index contributed by atoms with van der Waals surface area (Å²) in [6.45, 7) is 7.51. The first-order chi connectivity index (χ1) is 16.3. The van der Waals surface area contributed by atoms with Gasteiger partial charge in [0.15, 0.2) is 5.89 Å². The first-order valence-electron chi connectivity index (χ1n) is 10.7. The minimum absolute atomic E-state index is 0.118. The third-order valence-corrected chi connectivity index (χ3v) is 5.41. The van der Waals surface area contributed by atoms with Crippen LogP contribution in [0, 0.1) is 19.7 Å². The highest BCUT2D eigenvalue weighted by molar-refractivity contribution is 6.03. The number of hydrogen-bond donors (Lipinski definition) is 1. The largest absolute Gasteiger partial charge is 0.436 e. The monoisotopic (exact) mass is 459 g/mol. The molecule has 5 aromatic rings. The quantitative estimate of drug-likeness (QED) is 0.404. The van der Waals surface area contributed by atoms with Gasteiger partial charge in [-0.2, -0.15) is 0 Å². The number of nitrogens with zero attached hydrogens (tertiary/aromatic N) is 6. The van der Waals surface area contributed by atoms with E-state index in [0.717, 1.165) is 11.3 Å². The molecule has 0 saturated heterocycles. The SMILES string of the molecule is Cc1nc(C)c(C(=O)Nc2ccc(F)c(-c3cn4cc(-c5cn(C(C)C)cn5)cnc4n3)c2)o1. The minimum Gasteiger partial charge on any atom is -0.436 e. The van der Waals surface area contributed by atoms with E-state index in [1.165, 1.54) is 18.2 Å². The summed E-state index contributed by atoms with van der Waals surface area (Å²) in [7, 11) is 0. The smallest absolute Gasteiger partial charge is 0.293 e. The molecule has 1 aromatic carbocycles. The lowest BCUT2D eigenvalue weighted by Gasteiger charge is -2.06. The van der Waals surface area contributed by atoms with E-state index in [1.54, 1.807) is 37.0 Å². The van der Waals surface area contributed by atoms with Gasteiger partial charge in [-0.25, -0.2) is 24.3 Å². The van der Waals surface area contributed by atoms with Crippen LogP contribution in [-0.4, -0.2) is 34.8 Å². The molecule has 1 N–H and O–H groups in total. The molecule has 0 unspecified atom stereocenters. The summed E-state index contributed by atoms with van der Waals surface area (Å²) in [6, 6.07) is 4.58. The number of anilines is 1. The fourth-order valence-corrected chi connectivity index (χ4v) is 3.64. The standard InChI is InChI=1S/C24H22FN7O2/c1-13(2)32-10-20(27-12-32)16-8-26-24-30-21(11-31(24)9-16)18-7-17(5-6-19(18)25)29-23(33)22-14(3)28-15(4)34-22/h5-13H,1-4H3,(H,29,33). The first kappa shape index (κ1) is 21.5. The number of fused-ring (bicyclic) bond motifs is 1. The zero-order valence-corrected chi connectivity index (χ0v) is 19.1. The van der Waals surface area contributed by atoms with Gasteiger partial charge < -0.3 is 14.3 Å². The van der Waals surface area contributed by atoms with Crippen LogP contribution in [0.25, 0.3) is 28.3 Å². The molecule has 0 radical (unpaired) electrons. The third kappa shape index (κ3) is 3.94. The molecule has 0 saturated carbocycles. The van der Waals surface area contributed by atoms with Gasteiger partial charge in [0.25, 0.3) is 5.91 Å². The number of amides is 1. The summed E-state index contributed by atoms with van der Waals surface area (Å²) in [5.74, 6) is 0.00756. The van der Waals surface area contributed by atoms with Crippen LogP contribution in [0.5, 0.6) is 0 Å². The molecule has 0 aliphatic carbocycles. The number of halogens is 1. The average molecular weight is 459 g/mol. The van der Waals surface area contributed by atoms with Crippen LogP contribution in [0.15, 0.2) is 53.7 Å². The number of aryl methyl sites for hydroxylation is 2. The van der Waals surface area contributed by atoms with E-state index >= 15 is 0 Å². The van der Waals surface area contributed by atoms with Crippen molar-refractivity contribution in [2.75, 3.05) is 5.32 Å². The number of benzene rings is 1. The number of carbonyl (C=O) groups excluding carboxylic acids is 1. The molecule has 4 aromatic heterocycles. The summed E-state index contributed by atoms with van der Waals surface area (Å²) >= 11 is 0. The van der Waals surface area contributed by atoms with Crippen molar-refractivity contribution < 1.29 is 13.6 Å². The van der Waals surface area contributed by atoms with Gasteiger partial charge in [0, 0.05) is 54.6 Å². The Morgan fingerprint density at radius 2 is 1.91 bits per heavy atom. The molecule has 0 bridgehead atoms. The summed E-state index contributed by atoms with van der Waals surface area (Å²) in [4.78, 5) is 30.0. The van der Waals surface area contributed by atoms with Gasteiger partial charge in [-0.05, 0) is 39.0 Å². The zero-order chi connectivity index (χ0) is 24.0. The predicted molar refractivity (Wildman–Crippen MR) is 124 cm³/mol. The number of imidazole rings is 2. The highest BCUT2D eigenvalue weighted by atomic mass is 19.1. The lowest BCUT2D eigenvalue weighted by atomic mass is 10.1. The third-order valence-electron chi connectivity index (χ3n) is 5.41. The molecular weight excluding hydrogens is 437 g/mol. The van der Waals surface area contributed by atoms with Crippen molar-refractivity contribution in [1.82, 2.24) is 28.9 Å². The van der Waals surface area contributed by atoms with Gasteiger partial charge in [-0.3, -0.25) is 9.20 Å². The van der Waals surface area contributed by atoms with Gasteiger partial charge >= 0.3 is 0 Å². The lowest BCUT2D eigenvalue weighted by Crippen LogP contribution is -2.12. The van der Waals surface area contributed by atoms with Crippen LogP contribution in [0.1, 0.15) is 42.0 Å². The van der Waals surface area contributed by atoms with Crippen molar-refractivity contribution in [2.45, 2.75) is 33.7 Å². The highest BCUT2D eigenvalue weighted by Crippen LogP contribution is 2.27. The summed E-state index contributed by atoms with van der Waals surface area (Å²) in [6.07, 6.45) is 8.96. The molecule has 0 aliphatic rings. The minimum atomic E-state index is -0.469. The summed E-state index contributed by atoms with van der Waals surface area (Å²) in [5.41, 5.74) is 3.11. The summed E-state index contributed by atoms with van der Waals surface area (Å²) in [5, 5.41) is 2.73. The molecule has 0 spiro atoms. The zero-order valence-electron chi connectivity index (χ0n) is 19.1. The van der Waals surface area contributed by atoms with Crippen LogP contribution in [0.2, 0.25) is 0 Å². The van der Waals surface area contributed by atoms with Gasteiger partial charge in [0.05, 0.1) is 23.4 Å². The van der Waals surface area contributed by atoms with Crippen molar-refractivity contribution >= 4 is 17.4 Å². The normalized spacial score (nSPS) is 11.5. The molecule has 34 heavy (non-hydrogen) atoms. The van der Waals surface area contributed by atoms with Crippen LogP contribution >= 0.6 is 0 Å². The Bertz CT molecular complexity index is 1530. The molecule has 4 heterocycles.